The molecule has 0 radical (unpaired) electrons. The molecule has 21 heavy (non-hydrogen) atoms. The van der Waals surface area contributed by atoms with Crippen LogP contribution in [0.2, 0.25) is 0 Å². The standard InChI is InChI=1S/C15H24N4O2/c1-12(15(20)19-7-9-21-10-8-19)17-11-13-3-2-5-18-6-4-16-14(13)18/h4,6,12-13,17H,2-3,5,7-11H2,1H3. The molecule has 2 atom stereocenters. The highest BCUT2D eigenvalue weighted by atomic mass is 16.5. The van der Waals surface area contributed by atoms with Crippen molar-refractivity contribution in [1.29, 1.82) is 0 Å². The summed E-state index contributed by atoms with van der Waals surface area (Å²) in [6.07, 6.45) is 6.24. The van der Waals surface area contributed by atoms with Gasteiger partial charge in [-0.2, -0.15) is 0 Å². The highest BCUT2D eigenvalue weighted by Gasteiger charge is 2.25. The van der Waals surface area contributed by atoms with E-state index in [9.17, 15) is 4.79 Å². The van der Waals surface area contributed by atoms with Crippen molar-refractivity contribution < 1.29 is 9.53 Å². The molecule has 116 valence electrons. The fraction of sp³-hybridized carbons (Fsp3) is 0.733. The first-order valence-electron chi connectivity index (χ1n) is 7.86. The summed E-state index contributed by atoms with van der Waals surface area (Å²) < 4.78 is 7.52. The van der Waals surface area contributed by atoms with E-state index in [1.807, 2.05) is 24.2 Å². The lowest BCUT2D eigenvalue weighted by Gasteiger charge is -2.30. The average Bonchev–Trinajstić information content (AvgIpc) is 3.02. The van der Waals surface area contributed by atoms with Crippen molar-refractivity contribution in [2.75, 3.05) is 32.8 Å². The molecule has 0 spiro atoms. The first-order chi connectivity index (χ1) is 10.3. The number of aryl methyl sites for hydroxylation is 1. The van der Waals surface area contributed by atoms with Gasteiger partial charge >= 0.3 is 0 Å². The van der Waals surface area contributed by atoms with Crippen molar-refractivity contribution in [2.24, 2.45) is 0 Å². The Morgan fingerprint density at radius 3 is 3.10 bits per heavy atom. The van der Waals surface area contributed by atoms with Gasteiger partial charge in [-0.3, -0.25) is 4.79 Å². The van der Waals surface area contributed by atoms with Crippen molar-refractivity contribution in [3.8, 4) is 0 Å². The number of hydrogen-bond donors (Lipinski definition) is 1. The molecule has 1 aromatic heterocycles. The number of nitrogens with one attached hydrogen (secondary N) is 1. The zero-order valence-electron chi connectivity index (χ0n) is 12.6. The minimum absolute atomic E-state index is 0.145. The van der Waals surface area contributed by atoms with Gasteiger partial charge in [-0.25, -0.2) is 4.98 Å². The van der Waals surface area contributed by atoms with Gasteiger partial charge in [0.25, 0.3) is 0 Å². The van der Waals surface area contributed by atoms with Gasteiger partial charge in [-0.05, 0) is 19.8 Å². The molecule has 2 unspecified atom stereocenters. The fourth-order valence-electron chi connectivity index (χ4n) is 3.16. The van der Waals surface area contributed by atoms with Crippen LogP contribution < -0.4 is 5.32 Å². The summed E-state index contributed by atoms with van der Waals surface area (Å²) in [7, 11) is 0. The number of carbonyl (C=O) groups is 1. The SMILES string of the molecule is CC(NCC1CCCn2ccnc21)C(=O)N1CCOCC1. The van der Waals surface area contributed by atoms with Crippen LogP contribution >= 0.6 is 0 Å². The Hall–Kier alpha value is -1.40. The molecule has 6 nitrogen and oxygen atoms in total. The van der Waals surface area contributed by atoms with Gasteiger partial charge in [0, 0.05) is 44.5 Å². The minimum atomic E-state index is -0.145. The molecule has 0 aromatic carbocycles. The van der Waals surface area contributed by atoms with E-state index in [2.05, 4.69) is 14.9 Å². The normalized spacial score (nSPS) is 23.7. The number of amides is 1. The van der Waals surface area contributed by atoms with Gasteiger partial charge in [0.2, 0.25) is 5.91 Å². The van der Waals surface area contributed by atoms with E-state index in [4.69, 9.17) is 4.74 Å². The monoisotopic (exact) mass is 292 g/mol. The summed E-state index contributed by atoms with van der Waals surface area (Å²) in [5.74, 6) is 1.74. The molecule has 0 aliphatic carbocycles. The zero-order valence-corrected chi connectivity index (χ0v) is 12.6. The van der Waals surface area contributed by atoms with E-state index in [1.54, 1.807) is 0 Å². The van der Waals surface area contributed by atoms with Gasteiger partial charge in [0.1, 0.15) is 5.82 Å². The highest BCUT2D eigenvalue weighted by Crippen LogP contribution is 2.24. The first kappa shape index (κ1) is 14.5. The Labute approximate surface area is 125 Å². The number of aromatic nitrogens is 2. The summed E-state index contributed by atoms with van der Waals surface area (Å²) in [4.78, 5) is 18.7. The maximum absolute atomic E-state index is 12.4. The predicted molar refractivity (Wildman–Crippen MR) is 79.1 cm³/mol. The van der Waals surface area contributed by atoms with Gasteiger partial charge in [-0.1, -0.05) is 0 Å². The Balaban J connectivity index is 1.52. The number of fused-ring (bicyclic) bond motifs is 1. The van der Waals surface area contributed by atoms with Crippen molar-refractivity contribution >= 4 is 5.91 Å². The lowest BCUT2D eigenvalue weighted by atomic mass is 9.98. The molecule has 2 aliphatic rings. The Morgan fingerprint density at radius 2 is 2.29 bits per heavy atom. The van der Waals surface area contributed by atoms with Crippen LogP contribution in [0.3, 0.4) is 0 Å². The lowest BCUT2D eigenvalue weighted by molar-refractivity contribution is -0.137. The van der Waals surface area contributed by atoms with Crippen molar-refractivity contribution in [3.63, 3.8) is 0 Å². The Bertz CT molecular complexity index is 482. The van der Waals surface area contributed by atoms with Crippen LogP contribution in [0.1, 0.15) is 31.5 Å². The molecule has 1 amide bonds. The summed E-state index contributed by atoms with van der Waals surface area (Å²) in [6.45, 7) is 6.55. The first-order valence-corrected chi connectivity index (χ1v) is 7.86. The van der Waals surface area contributed by atoms with Gasteiger partial charge in [-0.15, -0.1) is 0 Å². The number of imidazole rings is 1. The summed E-state index contributed by atoms with van der Waals surface area (Å²) in [5.41, 5.74) is 0. The molecular formula is C15H24N4O2. The van der Waals surface area contributed by atoms with Crippen LogP contribution in [0.25, 0.3) is 0 Å². The quantitative estimate of drug-likeness (QED) is 0.883. The lowest BCUT2D eigenvalue weighted by Crippen LogP contribution is -2.50. The second kappa shape index (κ2) is 6.58. The number of morpholine rings is 1. The van der Waals surface area contributed by atoms with E-state index in [-0.39, 0.29) is 11.9 Å². The molecule has 3 rings (SSSR count). The number of ether oxygens (including phenoxy) is 1. The van der Waals surface area contributed by atoms with Crippen molar-refractivity contribution in [1.82, 2.24) is 19.8 Å². The largest absolute Gasteiger partial charge is 0.378 e. The van der Waals surface area contributed by atoms with Crippen molar-refractivity contribution in [3.05, 3.63) is 18.2 Å². The number of nitrogens with zero attached hydrogens (tertiary/aromatic N) is 3. The van der Waals surface area contributed by atoms with Crippen LogP contribution in [0, 0.1) is 0 Å². The third-order valence-corrected chi connectivity index (χ3v) is 4.43. The van der Waals surface area contributed by atoms with Gasteiger partial charge < -0.3 is 19.5 Å². The maximum atomic E-state index is 12.4. The predicted octanol–water partition coefficient (Wildman–Crippen LogP) is 0.597. The van der Waals surface area contributed by atoms with Gasteiger partial charge in [0.15, 0.2) is 0 Å². The molecular weight excluding hydrogens is 268 g/mol. The Morgan fingerprint density at radius 1 is 1.48 bits per heavy atom. The third-order valence-electron chi connectivity index (χ3n) is 4.43. The van der Waals surface area contributed by atoms with Crippen LogP contribution in [0.15, 0.2) is 12.4 Å². The number of carbonyl (C=O) groups excluding carboxylic acids is 1. The van der Waals surface area contributed by atoms with Crippen LogP contribution in [0.4, 0.5) is 0 Å². The molecule has 1 fully saturated rings. The average molecular weight is 292 g/mol. The van der Waals surface area contributed by atoms with E-state index in [1.165, 1.54) is 6.42 Å². The fourth-order valence-corrected chi connectivity index (χ4v) is 3.16. The topological polar surface area (TPSA) is 59.4 Å². The second-order valence-corrected chi connectivity index (χ2v) is 5.89. The van der Waals surface area contributed by atoms with Gasteiger partial charge in [0.05, 0.1) is 19.3 Å². The van der Waals surface area contributed by atoms with E-state index in [0.29, 0.717) is 32.2 Å². The molecule has 0 saturated carbocycles. The minimum Gasteiger partial charge on any atom is -0.378 e. The van der Waals surface area contributed by atoms with E-state index >= 15 is 0 Å². The summed E-state index contributed by atoms with van der Waals surface area (Å²) in [6, 6.07) is -0.145. The van der Waals surface area contributed by atoms with Crippen LogP contribution in [-0.2, 0) is 16.1 Å². The summed E-state index contributed by atoms with van der Waals surface area (Å²) >= 11 is 0. The molecule has 6 heteroatoms. The number of rotatable bonds is 4. The zero-order chi connectivity index (χ0) is 14.7. The summed E-state index contributed by atoms with van der Waals surface area (Å²) in [5, 5.41) is 3.39. The van der Waals surface area contributed by atoms with E-state index < -0.39 is 0 Å². The maximum Gasteiger partial charge on any atom is 0.239 e. The Kier molecular flexibility index (Phi) is 4.55. The third kappa shape index (κ3) is 3.27. The second-order valence-electron chi connectivity index (χ2n) is 5.89. The van der Waals surface area contributed by atoms with Crippen LogP contribution in [-0.4, -0.2) is 59.2 Å². The number of hydrogen-bond acceptors (Lipinski definition) is 4. The molecule has 2 aliphatic heterocycles. The van der Waals surface area contributed by atoms with Crippen LogP contribution in [0.5, 0.6) is 0 Å². The molecule has 1 saturated heterocycles. The molecule has 0 bridgehead atoms. The molecule has 3 heterocycles. The smallest absolute Gasteiger partial charge is 0.239 e. The molecule has 1 aromatic rings. The van der Waals surface area contributed by atoms with Crippen molar-refractivity contribution in [2.45, 2.75) is 38.3 Å². The molecule has 1 N–H and O–H groups in total. The van der Waals surface area contributed by atoms with E-state index in [0.717, 1.165) is 25.3 Å². The highest BCUT2D eigenvalue weighted by molar-refractivity contribution is 5.81.